The number of nitrogens with zero attached hydrogens (tertiary/aromatic N) is 1. The van der Waals surface area contributed by atoms with Gasteiger partial charge in [-0.1, -0.05) is 18.2 Å². The third-order valence-electron chi connectivity index (χ3n) is 6.41. The van der Waals surface area contributed by atoms with E-state index in [-0.39, 0.29) is 5.63 Å². The molecule has 5 rings (SSSR count). The first kappa shape index (κ1) is 19.2. The Labute approximate surface area is 176 Å². The van der Waals surface area contributed by atoms with Crippen LogP contribution in [0.1, 0.15) is 47.6 Å². The van der Waals surface area contributed by atoms with Gasteiger partial charge in [0.2, 0.25) is 0 Å². The van der Waals surface area contributed by atoms with Crippen molar-refractivity contribution in [1.82, 2.24) is 4.90 Å². The monoisotopic (exact) mass is 405 g/mol. The fraction of sp³-hybridized carbons (Fsp3) is 0.400. The van der Waals surface area contributed by atoms with Gasteiger partial charge in [0.1, 0.15) is 5.58 Å². The van der Waals surface area contributed by atoms with E-state index in [1.54, 1.807) is 6.07 Å². The molecule has 0 N–H and O–H groups in total. The first-order valence-electron chi connectivity index (χ1n) is 10.8. The summed E-state index contributed by atoms with van der Waals surface area (Å²) >= 11 is 0. The molecule has 2 aliphatic heterocycles. The van der Waals surface area contributed by atoms with Crippen molar-refractivity contribution in [3.63, 3.8) is 0 Å². The molecule has 1 aromatic heterocycles. The van der Waals surface area contributed by atoms with Gasteiger partial charge in [-0.15, -0.1) is 0 Å². The van der Waals surface area contributed by atoms with Gasteiger partial charge in [0.15, 0.2) is 11.5 Å². The Morgan fingerprint density at radius 3 is 2.70 bits per heavy atom. The summed E-state index contributed by atoms with van der Waals surface area (Å²) in [6.07, 6.45) is 3.13. The highest BCUT2D eigenvalue weighted by atomic mass is 16.5. The average Bonchev–Trinajstić information content (AvgIpc) is 3.06. The fourth-order valence-electron chi connectivity index (χ4n) is 4.65. The summed E-state index contributed by atoms with van der Waals surface area (Å²) in [5, 5.41) is 1.03. The summed E-state index contributed by atoms with van der Waals surface area (Å²) in [5.74, 6) is 1.67. The van der Waals surface area contributed by atoms with Crippen molar-refractivity contribution in [2.75, 3.05) is 19.8 Å². The normalized spacial score (nSPS) is 19.2. The van der Waals surface area contributed by atoms with Gasteiger partial charge in [-0.05, 0) is 67.6 Å². The van der Waals surface area contributed by atoms with Crippen LogP contribution in [0.2, 0.25) is 0 Å². The van der Waals surface area contributed by atoms with E-state index in [0.717, 1.165) is 65.9 Å². The maximum Gasteiger partial charge on any atom is 0.336 e. The van der Waals surface area contributed by atoms with Crippen molar-refractivity contribution in [2.24, 2.45) is 0 Å². The molecule has 156 valence electrons. The van der Waals surface area contributed by atoms with Gasteiger partial charge in [0.25, 0.3) is 0 Å². The maximum absolute atomic E-state index is 12.3. The quantitative estimate of drug-likeness (QED) is 0.580. The van der Waals surface area contributed by atoms with Crippen LogP contribution in [0.15, 0.2) is 45.6 Å². The Morgan fingerprint density at radius 1 is 1.00 bits per heavy atom. The number of likely N-dealkylation sites (tertiary alicyclic amines) is 1. The minimum Gasteiger partial charge on any atom is -0.490 e. The Hall–Kier alpha value is -2.79. The molecular formula is C25H27NO4. The molecule has 1 fully saturated rings. The second-order valence-corrected chi connectivity index (χ2v) is 8.36. The molecule has 2 aliphatic rings. The lowest BCUT2D eigenvalue weighted by Gasteiger charge is -2.26. The van der Waals surface area contributed by atoms with E-state index in [1.165, 1.54) is 5.56 Å². The second-order valence-electron chi connectivity index (χ2n) is 8.36. The molecule has 0 radical (unpaired) electrons. The number of fused-ring (bicyclic) bond motifs is 2. The first-order valence-corrected chi connectivity index (χ1v) is 10.8. The van der Waals surface area contributed by atoms with Crippen LogP contribution < -0.4 is 15.1 Å². The van der Waals surface area contributed by atoms with Crippen LogP contribution in [0.4, 0.5) is 0 Å². The number of aryl methyl sites for hydroxylation is 2. The number of hydrogen-bond acceptors (Lipinski definition) is 5. The smallest absolute Gasteiger partial charge is 0.336 e. The van der Waals surface area contributed by atoms with Crippen molar-refractivity contribution in [3.8, 4) is 11.5 Å². The van der Waals surface area contributed by atoms with Crippen molar-refractivity contribution in [2.45, 2.75) is 45.7 Å². The fourth-order valence-corrected chi connectivity index (χ4v) is 4.65. The highest BCUT2D eigenvalue weighted by Gasteiger charge is 2.28. The zero-order valence-electron chi connectivity index (χ0n) is 17.6. The van der Waals surface area contributed by atoms with Crippen LogP contribution in [0.25, 0.3) is 11.0 Å². The van der Waals surface area contributed by atoms with E-state index in [9.17, 15) is 4.79 Å². The minimum atomic E-state index is -0.280. The molecule has 3 heterocycles. The van der Waals surface area contributed by atoms with Crippen LogP contribution in [-0.4, -0.2) is 24.7 Å². The Bertz CT molecular complexity index is 1150. The van der Waals surface area contributed by atoms with Crippen LogP contribution in [0, 0.1) is 13.8 Å². The number of hydrogen-bond donors (Lipinski definition) is 0. The molecule has 0 aliphatic carbocycles. The molecule has 0 unspecified atom stereocenters. The van der Waals surface area contributed by atoms with Gasteiger partial charge < -0.3 is 13.9 Å². The largest absolute Gasteiger partial charge is 0.490 e. The predicted octanol–water partition coefficient (Wildman–Crippen LogP) is 4.91. The van der Waals surface area contributed by atoms with Gasteiger partial charge in [0, 0.05) is 30.5 Å². The predicted molar refractivity (Wildman–Crippen MR) is 116 cm³/mol. The molecule has 1 saturated heterocycles. The SMILES string of the molecule is Cc1ccc2c(CN3CCC[C@@H]3c3ccc4c(c3)OCCCO4)cc(=O)oc2c1C. The third kappa shape index (κ3) is 3.47. The molecule has 0 saturated carbocycles. The highest BCUT2D eigenvalue weighted by molar-refractivity contribution is 5.83. The molecule has 0 amide bonds. The average molecular weight is 405 g/mol. The lowest BCUT2D eigenvalue weighted by molar-refractivity contribution is 0.248. The van der Waals surface area contributed by atoms with E-state index in [0.29, 0.717) is 24.8 Å². The van der Waals surface area contributed by atoms with Crippen LogP contribution in [0.3, 0.4) is 0 Å². The third-order valence-corrected chi connectivity index (χ3v) is 6.41. The van der Waals surface area contributed by atoms with Gasteiger partial charge in [-0.25, -0.2) is 4.79 Å². The summed E-state index contributed by atoms with van der Waals surface area (Å²) in [6, 6.07) is 12.5. The van der Waals surface area contributed by atoms with Crippen LogP contribution >= 0.6 is 0 Å². The number of benzene rings is 2. The second kappa shape index (κ2) is 7.80. The van der Waals surface area contributed by atoms with Gasteiger partial charge in [-0.3, -0.25) is 4.90 Å². The Kier molecular flexibility index (Phi) is 4.99. The summed E-state index contributed by atoms with van der Waals surface area (Å²) in [6.45, 7) is 7.18. The number of ether oxygens (including phenoxy) is 2. The molecular weight excluding hydrogens is 378 g/mol. The topological polar surface area (TPSA) is 51.9 Å². The summed E-state index contributed by atoms with van der Waals surface area (Å²) in [4.78, 5) is 14.7. The van der Waals surface area contributed by atoms with Crippen molar-refractivity contribution in [1.29, 1.82) is 0 Å². The van der Waals surface area contributed by atoms with Crippen LogP contribution in [0.5, 0.6) is 11.5 Å². The van der Waals surface area contributed by atoms with Gasteiger partial charge in [0.05, 0.1) is 13.2 Å². The van der Waals surface area contributed by atoms with Gasteiger partial charge in [-0.2, -0.15) is 0 Å². The van der Waals surface area contributed by atoms with Crippen molar-refractivity contribution < 1.29 is 13.9 Å². The molecule has 0 spiro atoms. The standard InChI is InChI=1S/C25H27NO4/c1-16-6-8-20-19(14-24(27)30-25(20)17(16)2)15-26-10-3-5-21(26)18-7-9-22-23(13-18)29-12-4-11-28-22/h6-9,13-14,21H,3-5,10-12,15H2,1-2H3/t21-/m1/s1. The minimum absolute atomic E-state index is 0.280. The van der Waals surface area contributed by atoms with E-state index < -0.39 is 0 Å². The molecule has 0 bridgehead atoms. The zero-order chi connectivity index (χ0) is 20.7. The summed E-state index contributed by atoms with van der Waals surface area (Å²) in [7, 11) is 0. The highest BCUT2D eigenvalue weighted by Crippen LogP contribution is 2.39. The zero-order valence-corrected chi connectivity index (χ0v) is 17.6. The molecule has 5 heteroatoms. The lowest BCUT2D eigenvalue weighted by atomic mass is 10.0. The van der Waals surface area contributed by atoms with E-state index in [4.69, 9.17) is 13.9 Å². The molecule has 3 aromatic rings. The van der Waals surface area contributed by atoms with Crippen molar-refractivity contribution in [3.05, 3.63) is 69.1 Å². The van der Waals surface area contributed by atoms with E-state index in [1.807, 2.05) is 19.9 Å². The van der Waals surface area contributed by atoms with Crippen molar-refractivity contribution >= 4 is 11.0 Å². The molecule has 5 nitrogen and oxygen atoms in total. The Morgan fingerprint density at radius 2 is 1.83 bits per heavy atom. The van der Waals surface area contributed by atoms with E-state index >= 15 is 0 Å². The maximum atomic E-state index is 12.3. The lowest BCUT2D eigenvalue weighted by Crippen LogP contribution is -2.23. The number of rotatable bonds is 3. The summed E-state index contributed by atoms with van der Waals surface area (Å²) in [5.41, 5.74) is 4.88. The van der Waals surface area contributed by atoms with Crippen LogP contribution in [-0.2, 0) is 6.54 Å². The molecule has 1 atom stereocenters. The molecule has 30 heavy (non-hydrogen) atoms. The molecule has 2 aromatic carbocycles. The Balaban J connectivity index is 1.48. The summed E-state index contributed by atoms with van der Waals surface area (Å²) < 4.78 is 17.2. The van der Waals surface area contributed by atoms with Gasteiger partial charge >= 0.3 is 5.63 Å². The van der Waals surface area contributed by atoms with E-state index in [2.05, 4.69) is 29.2 Å². The first-order chi connectivity index (χ1) is 14.6.